The third-order valence-electron chi connectivity index (χ3n) is 6.18. The van der Waals surface area contributed by atoms with Crippen molar-refractivity contribution in [1.82, 2.24) is 5.32 Å². The molecule has 7 heteroatoms. The number of ether oxygens (including phenoxy) is 4. The minimum absolute atomic E-state index is 0.0563. The molecule has 0 fully saturated rings. The molecule has 7 nitrogen and oxygen atoms in total. The van der Waals surface area contributed by atoms with Gasteiger partial charge >= 0.3 is 0 Å². The lowest BCUT2D eigenvalue weighted by Crippen LogP contribution is -2.41. The van der Waals surface area contributed by atoms with Gasteiger partial charge in [0.2, 0.25) is 5.91 Å². The average molecular weight is 429 g/mol. The van der Waals surface area contributed by atoms with Crippen LogP contribution in [0, 0.1) is 11.8 Å². The Balaban J connectivity index is 2.02. The van der Waals surface area contributed by atoms with Crippen LogP contribution in [0.25, 0.3) is 0 Å². The Labute approximate surface area is 183 Å². The van der Waals surface area contributed by atoms with Crippen molar-refractivity contribution < 1.29 is 23.7 Å². The lowest BCUT2D eigenvalue weighted by Gasteiger charge is -2.36. The number of amides is 1. The summed E-state index contributed by atoms with van der Waals surface area (Å²) in [6, 6.07) is 9.83. The lowest BCUT2D eigenvalue weighted by molar-refractivity contribution is -0.123. The number of rotatable bonds is 9. The maximum Gasteiger partial charge on any atom is 0.220 e. The van der Waals surface area contributed by atoms with Crippen molar-refractivity contribution in [3.05, 3.63) is 47.0 Å². The molecule has 0 saturated heterocycles. The molecule has 3 atom stereocenters. The summed E-state index contributed by atoms with van der Waals surface area (Å²) in [6.45, 7) is 2.70. The van der Waals surface area contributed by atoms with Gasteiger partial charge in [0, 0.05) is 12.0 Å². The van der Waals surface area contributed by atoms with Gasteiger partial charge in [-0.25, -0.2) is 0 Å². The number of benzene rings is 2. The van der Waals surface area contributed by atoms with Crippen LogP contribution in [-0.4, -0.2) is 40.9 Å². The highest BCUT2D eigenvalue weighted by Gasteiger charge is 2.35. The Morgan fingerprint density at radius 2 is 1.61 bits per heavy atom. The number of nitrogens with two attached hydrogens (primary N) is 1. The monoisotopic (exact) mass is 428 g/mol. The number of fused-ring (bicyclic) bond motifs is 1. The fourth-order valence-corrected chi connectivity index (χ4v) is 4.37. The number of hydrogen-bond donors (Lipinski definition) is 2. The molecule has 3 rings (SSSR count). The van der Waals surface area contributed by atoms with E-state index < -0.39 is 0 Å². The fraction of sp³-hybridized carbons (Fsp3) is 0.458. The predicted molar refractivity (Wildman–Crippen MR) is 119 cm³/mol. The molecule has 0 aromatic heterocycles. The quantitative estimate of drug-likeness (QED) is 0.638. The van der Waals surface area contributed by atoms with Crippen molar-refractivity contribution in [2.75, 3.05) is 35.0 Å². The average Bonchev–Trinajstić information content (AvgIpc) is 2.80. The van der Waals surface area contributed by atoms with Crippen LogP contribution in [-0.2, 0) is 17.6 Å². The SMILES string of the molecule is COc1ccc(CC(C(C)C(N)=O)[C@H]2NCCc3cc(OC)c(OC)cc32)cc1OC. The highest BCUT2D eigenvalue weighted by molar-refractivity contribution is 5.76. The van der Waals surface area contributed by atoms with E-state index in [1.807, 2.05) is 37.3 Å². The van der Waals surface area contributed by atoms with E-state index in [0.29, 0.717) is 29.4 Å². The zero-order chi connectivity index (χ0) is 22.5. The molecule has 2 aromatic rings. The van der Waals surface area contributed by atoms with Crippen LogP contribution in [0.2, 0.25) is 0 Å². The van der Waals surface area contributed by atoms with Crippen LogP contribution >= 0.6 is 0 Å². The van der Waals surface area contributed by atoms with Crippen LogP contribution < -0.4 is 30.0 Å². The third kappa shape index (κ3) is 4.71. The van der Waals surface area contributed by atoms with Crippen LogP contribution in [0.3, 0.4) is 0 Å². The number of methoxy groups -OCH3 is 4. The first kappa shape index (κ1) is 22.7. The summed E-state index contributed by atoms with van der Waals surface area (Å²) in [6.07, 6.45) is 1.52. The zero-order valence-electron chi connectivity index (χ0n) is 18.9. The van der Waals surface area contributed by atoms with E-state index in [2.05, 4.69) is 5.32 Å². The molecule has 0 aliphatic carbocycles. The van der Waals surface area contributed by atoms with E-state index in [1.54, 1.807) is 28.4 Å². The van der Waals surface area contributed by atoms with Crippen molar-refractivity contribution in [1.29, 1.82) is 0 Å². The van der Waals surface area contributed by atoms with Gasteiger partial charge in [-0.1, -0.05) is 13.0 Å². The van der Waals surface area contributed by atoms with Gasteiger partial charge in [0.05, 0.1) is 28.4 Å². The van der Waals surface area contributed by atoms with Gasteiger partial charge in [-0.2, -0.15) is 0 Å². The number of carbonyl (C=O) groups is 1. The minimum Gasteiger partial charge on any atom is -0.493 e. The van der Waals surface area contributed by atoms with Crippen molar-refractivity contribution in [2.45, 2.75) is 25.8 Å². The second kappa shape index (κ2) is 9.92. The van der Waals surface area contributed by atoms with Crippen LogP contribution in [0.15, 0.2) is 30.3 Å². The summed E-state index contributed by atoms with van der Waals surface area (Å²) in [4.78, 5) is 12.2. The minimum atomic E-state index is -0.343. The Morgan fingerprint density at radius 3 is 2.23 bits per heavy atom. The van der Waals surface area contributed by atoms with Crippen LogP contribution in [0.5, 0.6) is 23.0 Å². The van der Waals surface area contributed by atoms with Gasteiger partial charge in [-0.05, 0) is 66.3 Å². The molecule has 0 saturated carbocycles. The molecule has 0 spiro atoms. The number of nitrogens with one attached hydrogen (secondary N) is 1. The number of hydrogen-bond acceptors (Lipinski definition) is 6. The van der Waals surface area contributed by atoms with Gasteiger partial charge in [-0.15, -0.1) is 0 Å². The first-order chi connectivity index (χ1) is 14.9. The highest BCUT2D eigenvalue weighted by Crippen LogP contribution is 2.41. The molecule has 1 aliphatic rings. The highest BCUT2D eigenvalue weighted by atomic mass is 16.5. The van der Waals surface area contributed by atoms with Crippen molar-refractivity contribution >= 4 is 5.91 Å². The van der Waals surface area contributed by atoms with Gasteiger partial charge < -0.3 is 30.0 Å². The Hall–Kier alpha value is -2.93. The molecule has 0 bridgehead atoms. The standard InChI is InChI=1S/C24H32N2O5/c1-14(24(25)27)17(10-15-6-7-19(28-2)20(11-15)29-3)23-18-13-22(31-5)21(30-4)12-16(18)8-9-26-23/h6-7,11-14,17,23,26H,8-10H2,1-5H3,(H2,25,27)/t14?,17?,23-/m1/s1. The number of carbonyl (C=O) groups excluding carboxylic acids is 1. The first-order valence-corrected chi connectivity index (χ1v) is 10.4. The summed E-state index contributed by atoms with van der Waals surface area (Å²) in [7, 11) is 6.49. The van der Waals surface area contributed by atoms with E-state index in [4.69, 9.17) is 24.7 Å². The molecule has 1 heterocycles. The summed E-state index contributed by atoms with van der Waals surface area (Å²) < 4.78 is 21.8. The van der Waals surface area contributed by atoms with Crippen LogP contribution in [0.1, 0.15) is 29.7 Å². The van der Waals surface area contributed by atoms with Gasteiger partial charge in [0.1, 0.15) is 0 Å². The van der Waals surface area contributed by atoms with Crippen molar-refractivity contribution in [3.8, 4) is 23.0 Å². The Morgan fingerprint density at radius 1 is 1.00 bits per heavy atom. The van der Waals surface area contributed by atoms with Crippen molar-refractivity contribution in [3.63, 3.8) is 0 Å². The molecule has 168 valence electrons. The molecule has 0 radical (unpaired) electrons. The predicted octanol–water partition coefficient (Wildman–Crippen LogP) is 2.89. The Bertz CT molecular complexity index is 930. The zero-order valence-corrected chi connectivity index (χ0v) is 18.9. The third-order valence-corrected chi connectivity index (χ3v) is 6.18. The number of primary amides is 1. The first-order valence-electron chi connectivity index (χ1n) is 10.4. The molecule has 1 amide bonds. The fourth-order valence-electron chi connectivity index (χ4n) is 4.37. The van der Waals surface area contributed by atoms with E-state index in [-0.39, 0.29) is 23.8 Å². The summed E-state index contributed by atoms with van der Waals surface area (Å²) in [5.41, 5.74) is 9.11. The molecular formula is C24H32N2O5. The molecule has 2 aromatic carbocycles. The molecule has 1 aliphatic heterocycles. The van der Waals surface area contributed by atoms with Gasteiger partial charge in [0.15, 0.2) is 23.0 Å². The van der Waals surface area contributed by atoms with Crippen LogP contribution in [0.4, 0.5) is 0 Å². The smallest absolute Gasteiger partial charge is 0.220 e. The second-order valence-corrected chi connectivity index (χ2v) is 7.84. The molecule has 31 heavy (non-hydrogen) atoms. The molecule has 3 N–H and O–H groups in total. The topological polar surface area (TPSA) is 92.0 Å². The van der Waals surface area contributed by atoms with E-state index >= 15 is 0 Å². The van der Waals surface area contributed by atoms with E-state index in [9.17, 15) is 4.79 Å². The van der Waals surface area contributed by atoms with E-state index in [1.165, 1.54) is 5.56 Å². The lowest BCUT2D eigenvalue weighted by atomic mass is 9.76. The summed E-state index contributed by atoms with van der Waals surface area (Å²) >= 11 is 0. The van der Waals surface area contributed by atoms with E-state index in [0.717, 1.165) is 24.1 Å². The molecular weight excluding hydrogens is 396 g/mol. The van der Waals surface area contributed by atoms with Gasteiger partial charge in [-0.3, -0.25) is 4.79 Å². The second-order valence-electron chi connectivity index (χ2n) is 7.84. The normalized spacial score (nSPS) is 17.3. The Kier molecular flexibility index (Phi) is 7.28. The largest absolute Gasteiger partial charge is 0.493 e. The molecule has 2 unspecified atom stereocenters. The maximum absolute atomic E-state index is 12.2. The van der Waals surface area contributed by atoms with Crippen molar-refractivity contribution in [2.24, 2.45) is 17.6 Å². The summed E-state index contributed by atoms with van der Waals surface area (Å²) in [5, 5.41) is 3.61. The summed E-state index contributed by atoms with van der Waals surface area (Å²) in [5.74, 6) is 1.99. The van der Waals surface area contributed by atoms with Gasteiger partial charge in [0.25, 0.3) is 0 Å². The maximum atomic E-state index is 12.2.